The van der Waals surface area contributed by atoms with Gasteiger partial charge in [0.15, 0.2) is 0 Å². The molecule has 0 fully saturated rings. The monoisotopic (exact) mass is 412 g/mol. The molecule has 128 valence electrons. The van der Waals surface area contributed by atoms with Crippen LogP contribution < -0.4 is 9.47 Å². The molecular formula is C18H18BrClO4. The van der Waals surface area contributed by atoms with E-state index in [0.717, 1.165) is 16.5 Å². The molecule has 0 aliphatic heterocycles. The lowest BCUT2D eigenvalue weighted by molar-refractivity contribution is 0.120. The highest BCUT2D eigenvalue weighted by Gasteiger charge is 2.14. The number of carbonyl (C=O) groups is 1. The Morgan fingerprint density at radius 1 is 1.25 bits per heavy atom. The van der Waals surface area contributed by atoms with Crippen molar-refractivity contribution in [3.05, 3.63) is 56.5 Å². The molecule has 0 N–H and O–H groups in total. The van der Waals surface area contributed by atoms with Crippen LogP contribution in [0.5, 0.6) is 11.5 Å². The summed E-state index contributed by atoms with van der Waals surface area (Å²) >= 11 is 9.74. The Morgan fingerprint density at radius 2 is 2.00 bits per heavy atom. The molecule has 0 saturated heterocycles. The molecule has 0 aromatic heterocycles. The summed E-state index contributed by atoms with van der Waals surface area (Å²) in [5.41, 5.74) is 2.98. The summed E-state index contributed by atoms with van der Waals surface area (Å²) in [5, 5.41) is 0.453. The number of carbonyl (C=O) groups excluding carboxylic acids is 1. The lowest BCUT2D eigenvalue weighted by atomic mass is 10.1. The maximum atomic E-state index is 11.4. The van der Waals surface area contributed by atoms with Gasteiger partial charge in [0, 0.05) is 0 Å². The third-order valence-electron chi connectivity index (χ3n) is 3.58. The molecule has 0 heterocycles. The highest BCUT2D eigenvalue weighted by Crippen LogP contribution is 2.32. The van der Waals surface area contributed by atoms with Gasteiger partial charge in [-0.3, -0.25) is 0 Å². The number of hydrogen-bond donors (Lipinski definition) is 0. The van der Waals surface area contributed by atoms with E-state index in [-0.39, 0.29) is 6.61 Å². The second-order valence-corrected chi connectivity index (χ2v) is 6.39. The van der Waals surface area contributed by atoms with Crippen LogP contribution in [0.2, 0.25) is 5.02 Å². The fraction of sp³-hybridized carbons (Fsp3) is 0.278. The first-order valence-corrected chi connectivity index (χ1v) is 8.58. The Morgan fingerprint density at radius 3 is 2.67 bits per heavy atom. The van der Waals surface area contributed by atoms with Crippen LogP contribution in [0.4, 0.5) is 4.79 Å². The number of methoxy groups -OCH3 is 1. The average Bonchev–Trinajstić information content (AvgIpc) is 2.56. The summed E-state index contributed by atoms with van der Waals surface area (Å²) < 4.78 is 16.4. The van der Waals surface area contributed by atoms with E-state index in [2.05, 4.69) is 27.6 Å². The number of benzene rings is 2. The van der Waals surface area contributed by atoms with Crippen molar-refractivity contribution in [2.45, 2.75) is 26.9 Å². The van der Waals surface area contributed by atoms with Crippen LogP contribution in [0.15, 0.2) is 34.8 Å². The first kappa shape index (κ1) is 18.6. The van der Waals surface area contributed by atoms with E-state index < -0.39 is 6.16 Å². The smallest absolute Gasteiger partial charge is 0.488 e. The topological polar surface area (TPSA) is 44.8 Å². The predicted molar refractivity (Wildman–Crippen MR) is 97.1 cm³/mol. The number of ether oxygens (including phenoxy) is 3. The minimum Gasteiger partial charge on any atom is -0.488 e. The van der Waals surface area contributed by atoms with E-state index >= 15 is 0 Å². The molecule has 2 rings (SSSR count). The molecule has 0 unspecified atom stereocenters. The zero-order valence-corrected chi connectivity index (χ0v) is 16.0. The molecule has 4 nitrogen and oxygen atoms in total. The number of aryl methyl sites for hydroxylation is 2. The van der Waals surface area contributed by atoms with Crippen LogP contribution in [0.25, 0.3) is 0 Å². The van der Waals surface area contributed by atoms with Crippen molar-refractivity contribution in [3.63, 3.8) is 0 Å². The van der Waals surface area contributed by atoms with Crippen molar-refractivity contribution in [1.29, 1.82) is 0 Å². The molecule has 0 bridgehead atoms. The number of rotatable bonds is 5. The van der Waals surface area contributed by atoms with Gasteiger partial charge >= 0.3 is 6.16 Å². The molecule has 0 atom stereocenters. The fourth-order valence-corrected chi connectivity index (χ4v) is 2.97. The SMILES string of the molecule is CCc1cc(Br)c(OCc2c(Cl)cccc2OC(=O)OC)cc1C. The Hall–Kier alpha value is -1.72. The summed E-state index contributed by atoms with van der Waals surface area (Å²) in [6.45, 7) is 4.31. The summed E-state index contributed by atoms with van der Waals surface area (Å²) in [6.07, 6.45) is 0.148. The zero-order valence-electron chi connectivity index (χ0n) is 13.7. The van der Waals surface area contributed by atoms with Crippen molar-refractivity contribution in [3.8, 4) is 11.5 Å². The maximum absolute atomic E-state index is 11.4. The van der Waals surface area contributed by atoms with Crippen molar-refractivity contribution >= 4 is 33.7 Å². The van der Waals surface area contributed by atoms with Gasteiger partial charge in [0.2, 0.25) is 0 Å². The van der Waals surface area contributed by atoms with E-state index in [0.29, 0.717) is 22.1 Å². The first-order chi connectivity index (χ1) is 11.5. The van der Waals surface area contributed by atoms with E-state index in [1.165, 1.54) is 12.7 Å². The Bertz CT molecular complexity index is 746. The van der Waals surface area contributed by atoms with Crippen molar-refractivity contribution in [2.24, 2.45) is 0 Å². The molecule has 0 saturated carbocycles. The lowest BCUT2D eigenvalue weighted by Gasteiger charge is -2.14. The second kappa shape index (κ2) is 8.40. The van der Waals surface area contributed by atoms with Gasteiger partial charge in [0.25, 0.3) is 0 Å². The minimum absolute atomic E-state index is 0.162. The lowest BCUT2D eigenvalue weighted by Crippen LogP contribution is -2.10. The molecule has 0 radical (unpaired) electrons. The normalized spacial score (nSPS) is 10.4. The van der Waals surface area contributed by atoms with Gasteiger partial charge < -0.3 is 14.2 Å². The van der Waals surface area contributed by atoms with Crippen molar-refractivity contribution in [2.75, 3.05) is 7.11 Å². The highest BCUT2D eigenvalue weighted by atomic mass is 79.9. The standard InChI is InChI=1S/C18H18BrClO4/c1-4-12-9-14(19)17(8-11(12)2)23-10-13-15(20)6-5-7-16(13)24-18(21)22-3/h5-9H,4,10H2,1-3H3. The summed E-state index contributed by atoms with van der Waals surface area (Å²) in [7, 11) is 1.25. The molecule has 0 spiro atoms. The summed E-state index contributed by atoms with van der Waals surface area (Å²) in [5.74, 6) is 1.01. The number of halogens is 2. The van der Waals surface area contributed by atoms with Crippen LogP contribution in [0.1, 0.15) is 23.6 Å². The molecular weight excluding hydrogens is 396 g/mol. The Kier molecular flexibility index (Phi) is 6.52. The van der Waals surface area contributed by atoms with Gasteiger partial charge in [0.1, 0.15) is 18.1 Å². The average molecular weight is 414 g/mol. The third kappa shape index (κ3) is 4.42. The second-order valence-electron chi connectivity index (χ2n) is 5.12. The summed E-state index contributed by atoms with van der Waals surface area (Å²) in [6, 6.07) is 9.07. The summed E-state index contributed by atoms with van der Waals surface area (Å²) in [4.78, 5) is 11.4. The van der Waals surface area contributed by atoms with Gasteiger partial charge in [0.05, 0.1) is 22.2 Å². The molecule has 0 aliphatic rings. The third-order valence-corrected chi connectivity index (χ3v) is 4.55. The van der Waals surface area contributed by atoms with Gasteiger partial charge in [-0.1, -0.05) is 24.6 Å². The van der Waals surface area contributed by atoms with Gasteiger partial charge in [-0.25, -0.2) is 4.79 Å². The van der Waals surface area contributed by atoms with E-state index in [1.54, 1.807) is 18.2 Å². The van der Waals surface area contributed by atoms with Crippen LogP contribution in [0, 0.1) is 6.92 Å². The quantitative estimate of drug-likeness (QED) is 0.466. The zero-order chi connectivity index (χ0) is 17.7. The van der Waals surface area contributed by atoms with E-state index in [9.17, 15) is 4.79 Å². The van der Waals surface area contributed by atoms with Crippen molar-refractivity contribution < 1.29 is 19.0 Å². The van der Waals surface area contributed by atoms with E-state index in [4.69, 9.17) is 21.1 Å². The molecule has 0 aliphatic carbocycles. The van der Waals surface area contributed by atoms with Crippen LogP contribution in [-0.2, 0) is 17.8 Å². The Balaban J connectivity index is 2.23. The molecule has 0 amide bonds. The van der Waals surface area contributed by atoms with Crippen LogP contribution in [0.3, 0.4) is 0 Å². The first-order valence-electron chi connectivity index (χ1n) is 7.41. The Labute approximate surface area is 154 Å². The van der Waals surface area contributed by atoms with Gasteiger partial charge in [-0.05, 0) is 64.7 Å². The maximum Gasteiger partial charge on any atom is 0.513 e. The fourth-order valence-electron chi connectivity index (χ4n) is 2.24. The highest BCUT2D eigenvalue weighted by molar-refractivity contribution is 9.10. The van der Waals surface area contributed by atoms with Gasteiger partial charge in [-0.2, -0.15) is 0 Å². The van der Waals surface area contributed by atoms with E-state index in [1.807, 2.05) is 19.1 Å². The van der Waals surface area contributed by atoms with Gasteiger partial charge in [-0.15, -0.1) is 0 Å². The molecule has 24 heavy (non-hydrogen) atoms. The predicted octanol–water partition coefficient (Wildman–Crippen LogP) is 5.70. The van der Waals surface area contributed by atoms with Crippen LogP contribution in [-0.4, -0.2) is 13.3 Å². The molecule has 2 aromatic carbocycles. The minimum atomic E-state index is -0.803. The molecule has 2 aromatic rings. The van der Waals surface area contributed by atoms with Crippen LogP contribution >= 0.6 is 27.5 Å². The largest absolute Gasteiger partial charge is 0.513 e. The molecule has 6 heteroatoms. The van der Waals surface area contributed by atoms with Crippen molar-refractivity contribution in [1.82, 2.24) is 0 Å². The number of hydrogen-bond acceptors (Lipinski definition) is 4.